The molecule has 112 valence electrons. The van der Waals surface area contributed by atoms with E-state index >= 15 is 0 Å². The summed E-state index contributed by atoms with van der Waals surface area (Å²) in [5.74, 6) is -1.16. The Morgan fingerprint density at radius 3 is 2.33 bits per heavy atom. The lowest BCUT2D eigenvalue weighted by Gasteiger charge is -2.17. The summed E-state index contributed by atoms with van der Waals surface area (Å²) in [4.78, 5) is 26.2. The van der Waals surface area contributed by atoms with Crippen LogP contribution in [0.15, 0.2) is 39.9 Å². The van der Waals surface area contributed by atoms with Crippen LogP contribution in [0.2, 0.25) is 0 Å². The van der Waals surface area contributed by atoms with E-state index in [-0.39, 0.29) is 11.9 Å². The van der Waals surface area contributed by atoms with Crippen LogP contribution in [0.1, 0.15) is 38.4 Å². The molecule has 6 heteroatoms. The van der Waals surface area contributed by atoms with Crippen molar-refractivity contribution in [1.29, 1.82) is 0 Å². The minimum Gasteiger partial charge on any atom is -0.362 e. The van der Waals surface area contributed by atoms with Gasteiger partial charge in [-0.3, -0.25) is 14.3 Å². The van der Waals surface area contributed by atoms with Crippen molar-refractivity contribution in [2.45, 2.75) is 32.9 Å². The second-order valence-corrected chi connectivity index (χ2v) is 5.16. The van der Waals surface area contributed by atoms with Gasteiger partial charge in [0.05, 0.1) is 0 Å². The molecule has 0 spiro atoms. The number of H-pyrrole nitrogens is 1. The summed E-state index contributed by atoms with van der Waals surface area (Å²) in [5, 5.41) is 2.83. The molecule has 0 saturated heterocycles. The predicted octanol–water partition coefficient (Wildman–Crippen LogP) is 2.43. The van der Waals surface area contributed by atoms with Crippen molar-refractivity contribution < 1.29 is 4.39 Å². The van der Waals surface area contributed by atoms with Crippen LogP contribution in [0.5, 0.6) is 0 Å². The average Bonchev–Trinajstić information content (AvgIpc) is 2.45. The van der Waals surface area contributed by atoms with Crippen molar-refractivity contribution in [3.8, 4) is 0 Å². The Morgan fingerprint density at radius 2 is 1.76 bits per heavy atom. The normalized spacial score (nSPS) is 12.4. The molecule has 1 aromatic heterocycles. The maximum absolute atomic E-state index is 14.1. The first-order chi connectivity index (χ1) is 9.91. The molecular weight excluding hydrogens is 273 g/mol. The zero-order valence-corrected chi connectivity index (χ0v) is 12.2. The third kappa shape index (κ3) is 3.04. The van der Waals surface area contributed by atoms with E-state index in [4.69, 9.17) is 0 Å². The molecule has 0 bridgehead atoms. The number of nitrogens with one attached hydrogen (secondary N) is 2. The molecule has 2 aromatic rings. The summed E-state index contributed by atoms with van der Waals surface area (Å²) >= 11 is 0. The summed E-state index contributed by atoms with van der Waals surface area (Å²) in [6.07, 6.45) is 0. The van der Waals surface area contributed by atoms with Gasteiger partial charge in [-0.25, -0.2) is 4.79 Å². The number of anilines is 1. The number of rotatable bonds is 4. The number of aromatic nitrogens is 2. The van der Waals surface area contributed by atoms with Crippen molar-refractivity contribution in [3.63, 3.8) is 0 Å². The lowest BCUT2D eigenvalue weighted by molar-refractivity contribution is 0.498. The molecule has 0 aliphatic heterocycles. The highest BCUT2D eigenvalue weighted by atomic mass is 19.1. The first-order valence-corrected chi connectivity index (χ1v) is 6.77. The highest BCUT2D eigenvalue weighted by Gasteiger charge is 2.17. The fourth-order valence-corrected chi connectivity index (χ4v) is 2.14. The molecule has 21 heavy (non-hydrogen) atoms. The third-order valence-corrected chi connectivity index (χ3v) is 3.25. The van der Waals surface area contributed by atoms with E-state index in [0.29, 0.717) is 0 Å². The fraction of sp³-hybridized carbons (Fsp3) is 0.333. The van der Waals surface area contributed by atoms with Crippen molar-refractivity contribution in [2.75, 3.05) is 5.32 Å². The van der Waals surface area contributed by atoms with Gasteiger partial charge in [-0.05, 0) is 26.3 Å². The van der Waals surface area contributed by atoms with Gasteiger partial charge in [0.1, 0.15) is 5.82 Å². The molecule has 0 saturated carbocycles. The number of hydrogen-bond donors (Lipinski definition) is 2. The summed E-state index contributed by atoms with van der Waals surface area (Å²) in [6, 6.07) is 8.71. The zero-order chi connectivity index (χ0) is 15.6. The monoisotopic (exact) mass is 291 g/mol. The largest absolute Gasteiger partial charge is 0.362 e. The lowest BCUT2D eigenvalue weighted by atomic mass is 10.1. The van der Waals surface area contributed by atoms with E-state index in [1.165, 1.54) is 0 Å². The van der Waals surface area contributed by atoms with Crippen LogP contribution in [0.25, 0.3) is 0 Å². The fourth-order valence-electron chi connectivity index (χ4n) is 2.14. The summed E-state index contributed by atoms with van der Waals surface area (Å²) in [6.45, 7) is 5.12. The van der Waals surface area contributed by atoms with E-state index in [0.717, 1.165) is 10.1 Å². The quantitative estimate of drug-likeness (QED) is 0.909. The van der Waals surface area contributed by atoms with Crippen molar-refractivity contribution in [3.05, 3.63) is 62.6 Å². The minimum atomic E-state index is -0.980. The Hall–Kier alpha value is -2.37. The van der Waals surface area contributed by atoms with Crippen molar-refractivity contribution in [1.82, 2.24) is 9.55 Å². The Bertz CT molecular complexity index is 735. The average molecular weight is 291 g/mol. The van der Waals surface area contributed by atoms with E-state index in [1.54, 1.807) is 13.8 Å². The van der Waals surface area contributed by atoms with Crippen LogP contribution in [0, 0.1) is 5.82 Å². The second-order valence-electron chi connectivity index (χ2n) is 5.16. The molecule has 1 heterocycles. The van der Waals surface area contributed by atoms with Gasteiger partial charge in [0.25, 0.3) is 5.56 Å². The Labute approximate surface area is 121 Å². The number of nitrogens with zero attached hydrogens (tertiary/aromatic N) is 1. The van der Waals surface area contributed by atoms with Gasteiger partial charge >= 0.3 is 5.69 Å². The maximum Gasteiger partial charge on any atom is 0.330 e. The van der Waals surface area contributed by atoms with Crippen LogP contribution in [0.3, 0.4) is 0 Å². The highest BCUT2D eigenvalue weighted by molar-refractivity contribution is 5.38. The maximum atomic E-state index is 14.1. The van der Waals surface area contributed by atoms with E-state index in [9.17, 15) is 14.0 Å². The van der Waals surface area contributed by atoms with Gasteiger partial charge in [0, 0.05) is 12.1 Å². The molecule has 0 radical (unpaired) electrons. The predicted molar refractivity (Wildman–Crippen MR) is 80.1 cm³/mol. The summed E-state index contributed by atoms with van der Waals surface area (Å²) in [5.41, 5.74) is -0.624. The lowest BCUT2D eigenvalue weighted by Crippen LogP contribution is -2.39. The highest BCUT2D eigenvalue weighted by Crippen LogP contribution is 2.17. The van der Waals surface area contributed by atoms with Crippen molar-refractivity contribution >= 4 is 5.82 Å². The molecule has 0 amide bonds. The Balaban J connectivity index is 2.38. The van der Waals surface area contributed by atoms with E-state index in [1.807, 2.05) is 37.3 Å². The number of halogens is 1. The molecule has 5 nitrogen and oxygen atoms in total. The van der Waals surface area contributed by atoms with Gasteiger partial charge in [0.15, 0.2) is 0 Å². The third-order valence-electron chi connectivity index (χ3n) is 3.25. The van der Waals surface area contributed by atoms with Gasteiger partial charge in [-0.2, -0.15) is 4.39 Å². The minimum absolute atomic E-state index is 0.182. The topological polar surface area (TPSA) is 66.9 Å². The van der Waals surface area contributed by atoms with Crippen LogP contribution in [-0.2, 0) is 0 Å². The standard InChI is InChI=1S/C15H18FN3O2/c1-9(2)19-14(20)12(16)13(18-15(19)21)17-10(3)11-7-5-4-6-8-11/h4-10,17H,1-3H3,(H,18,21)/t10-/m0/s1. The SMILES string of the molecule is CC(C)n1c(=O)[nH]c(N[C@@H](C)c2ccccc2)c(F)c1=O. The van der Waals surface area contributed by atoms with Gasteiger partial charge in [-0.1, -0.05) is 30.3 Å². The van der Waals surface area contributed by atoms with Crippen LogP contribution < -0.4 is 16.6 Å². The molecular formula is C15H18FN3O2. The smallest absolute Gasteiger partial charge is 0.330 e. The molecule has 0 fully saturated rings. The molecule has 0 aliphatic carbocycles. The summed E-state index contributed by atoms with van der Waals surface area (Å²) in [7, 11) is 0. The summed E-state index contributed by atoms with van der Waals surface area (Å²) < 4.78 is 15.0. The van der Waals surface area contributed by atoms with Crippen LogP contribution >= 0.6 is 0 Å². The molecule has 0 unspecified atom stereocenters. The Kier molecular flexibility index (Phi) is 4.26. The molecule has 0 aliphatic rings. The van der Waals surface area contributed by atoms with Crippen LogP contribution in [0.4, 0.5) is 10.2 Å². The Morgan fingerprint density at radius 1 is 1.14 bits per heavy atom. The first-order valence-electron chi connectivity index (χ1n) is 6.77. The van der Waals surface area contributed by atoms with Gasteiger partial charge < -0.3 is 5.32 Å². The number of hydrogen-bond acceptors (Lipinski definition) is 3. The first kappa shape index (κ1) is 15.0. The molecule has 1 atom stereocenters. The van der Waals surface area contributed by atoms with Gasteiger partial charge in [0.2, 0.25) is 5.82 Å². The molecule has 2 rings (SSSR count). The molecule has 1 aromatic carbocycles. The van der Waals surface area contributed by atoms with Crippen molar-refractivity contribution in [2.24, 2.45) is 0 Å². The van der Waals surface area contributed by atoms with E-state index < -0.39 is 23.1 Å². The van der Waals surface area contributed by atoms with Crippen LogP contribution in [-0.4, -0.2) is 9.55 Å². The van der Waals surface area contributed by atoms with Gasteiger partial charge in [-0.15, -0.1) is 0 Å². The second kappa shape index (κ2) is 5.95. The number of aromatic amines is 1. The number of benzene rings is 1. The molecule has 2 N–H and O–H groups in total. The van der Waals surface area contributed by atoms with E-state index in [2.05, 4.69) is 10.3 Å². The zero-order valence-electron chi connectivity index (χ0n) is 12.2.